The van der Waals surface area contributed by atoms with Crippen LogP contribution >= 0.6 is 0 Å². The highest BCUT2D eigenvalue weighted by atomic mass is 15.3. The molecule has 1 aromatic heterocycles. The van der Waals surface area contributed by atoms with Crippen molar-refractivity contribution in [3.8, 4) is 18.2 Å². The molecule has 0 aliphatic heterocycles. The summed E-state index contributed by atoms with van der Waals surface area (Å²) in [6.45, 7) is 6.62. The van der Waals surface area contributed by atoms with Crippen LogP contribution in [0.2, 0.25) is 0 Å². The van der Waals surface area contributed by atoms with Crippen LogP contribution in [0.5, 0.6) is 0 Å². The van der Waals surface area contributed by atoms with Gasteiger partial charge in [0.2, 0.25) is 0 Å². The van der Waals surface area contributed by atoms with Crippen molar-refractivity contribution in [2.24, 2.45) is 17.1 Å². The average molecular weight is 346 g/mol. The quantitative estimate of drug-likeness (QED) is 0.883. The van der Waals surface area contributed by atoms with Crippen LogP contribution in [0.3, 0.4) is 0 Å². The standard InChI is InChI=1S/C20H22N6/c1-4-26-13(3)17(12(2)25-26)18-15-8-6-5-7-14(15)16(9-21)19(24)20(18,10-22)11-23/h7,15,18H,4-6,8,24H2,1-3H3. The lowest BCUT2D eigenvalue weighted by atomic mass is 9.56. The molecular formula is C20H22N6. The van der Waals surface area contributed by atoms with Gasteiger partial charge in [0.15, 0.2) is 5.41 Å². The first-order valence-electron chi connectivity index (χ1n) is 8.93. The topological polar surface area (TPSA) is 115 Å². The van der Waals surface area contributed by atoms with Gasteiger partial charge in [0, 0.05) is 23.7 Å². The second-order valence-electron chi connectivity index (χ2n) is 7.01. The third-order valence-corrected chi connectivity index (χ3v) is 5.85. The highest BCUT2D eigenvalue weighted by Gasteiger charge is 2.55. The fraction of sp³-hybridized carbons (Fsp3) is 0.500. The van der Waals surface area contributed by atoms with Gasteiger partial charge in [0.05, 0.1) is 29.1 Å². The average Bonchev–Trinajstić information content (AvgIpc) is 2.94. The summed E-state index contributed by atoms with van der Waals surface area (Å²) >= 11 is 0. The summed E-state index contributed by atoms with van der Waals surface area (Å²) in [5.41, 5.74) is 8.75. The first kappa shape index (κ1) is 17.8. The van der Waals surface area contributed by atoms with Gasteiger partial charge in [-0.3, -0.25) is 4.68 Å². The van der Waals surface area contributed by atoms with Gasteiger partial charge in [-0.05, 0) is 51.5 Å². The second-order valence-corrected chi connectivity index (χ2v) is 7.01. The van der Waals surface area contributed by atoms with Crippen LogP contribution in [0, 0.1) is 59.2 Å². The molecule has 2 aliphatic rings. The minimum absolute atomic E-state index is 0.0723. The Kier molecular flexibility index (Phi) is 4.34. The molecule has 132 valence electrons. The van der Waals surface area contributed by atoms with Crippen molar-refractivity contribution in [2.75, 3.05) is 0 Å². The molecule has 0 spiro atoms. The SMILES string of the molecule is CCn1nc(C)c(C2C3CCCC=C3C(C#N)=C(N)C2(C#N)C#N)c1C. The van der Waals surface area contributed by atoms with Crippen molar-refractivity contribution < 1.29 is 0 Å². The Bertz CT molecular complexity index is 927. The molecule has 0 saturated carbocycles. The number of aryl methyl sites for hydroxylation is 2. The minimum atomic E-state index is -1.55. The monoisotopic (exact) mass is 346 g/mol. The van der Waals surface area contributed by atoms with Crippen molar-refractivity contribution in [2.45, 2.75) is 52.5 Å². The third-order valence-electron chi connectivity index (χ3n) is 5.85. The zero-order chi connectivity index (χ0) is 19.1. The molecule has 6 nitrogen and oxygen atoms in total. The van der Waals surface area contributed by atoms with Crippen LogP contribution in [0.25, 0.3) is 0 Å². The number of nitriles is 3. The Morgan fingerprint density at radius 3 is 2.54 bits per heavy atom. The summed E-state index contributed by atoms with van der Waals surface area (Å²) < 4.78 is 1.90. The van der Waals surface area contributed by atoms with Crippen LogP contribution in [-0.2, 0) is 6.54 Å². The van der Waals surface area contributed by atoms with Crippen molar-refractivity contribution in [3.05, 3.63) is 39.9 Å². The molecule has 2 aliphatic carbocycles. The van der Waals surface area contributed by atoms with E-state index in [2.05, 4.69) is 29.4 Å². The van der Waals surface area contributed by atoms with Crippen LogP contribution in [0.1, 0.15) is 49.1 Å². The van der Waals surface area contributed by atoms with E-state index in [0.29, 0.717) is 12.1 Å². The fourth-order valence-corrected chi connectivity index (χ4v) is 4.65. The Balaban J connectivity index is 2.39. The largest absolute Gasteiger partial charge is 0.399 e. The van der Waals surface area contributed by atoms with Gasteiger partial charge in [-0.25, -0.2) is 0 Å². The van der Waals surface area contributed by atoms with Crippen LogP contribution < -0.4 is 5.73 Å². The minimum Gasteiger partial charge on any atom is -0.399 e. The highest BCUT2D eigenvalue weighted by molar-refractivity contribution is 5.59. The Morgan fingerprint density at radius 2 is 2.00 bits per heavy atom. The number of rotatable bonds is 2. The lowest BCUT2D eigenvalue weighted by molar-refractivity contribution is 0.315. The van der Waals surface area contributed by atoms with E-state index in [4.69, 9.17) is 5.73 Å². The van der Waals surface area contributed by atoms with E-state index in [1.165, 1.54) is 0 Å². The zero-order valence-corrected chi connectivity index (χ0v) is 15.4. The summed E-state index contributed by atoms with van der Waals surface area (Å²) in [5, 5.41) is 34.4. The predicted molar refractivity (Wildman–Crippen MR) is 96.0 cm³/mol. The molecule has 26 heavy (non-hydrogen) atoms. The molecule has 2 N–H and O–H groups in total. The molecule has 0 bridgehead atoms. The molecule has 0 saturated heterocycles. The number of hydrogen-bond donors (Lipinski definition) is 1. The molecule has 0 amide bonds. The Morgan fingerprint density at radius 1 is 1.31 bits per heavy atom. The molecule has 6 heteroatoms. The summed E-state index contributed by atoms with van der Waals surface area (Å²) in [7, 11) is 0. The van der Waals surface area contributed by atoms with Gasteiger partial charge >= 0.3 is 0 Å². The summed E-state index contributed by atoms with van der Waals surface area (Å²) in [5.74, 6) is -0.488. The van der Waals surface area contributed by atoms with Crippen LogP contribution in [0.4, 0.5) is 0 Å². The number of aromatic nitrogens is 2. The van der Waals surface area contributed by atoms with Crippen molar-refractivity contribution in [1.82, 2.24) is 9.78 Å². The first-order valence-corrected chi connectivity index (χ1v) is 8.93. The van der Waals surface area contributed by atoms with Gasteiger partial charge in [-0.15, -0.1) is 0 Å². The first-order chi connectivity index (χ1) is 12.5. The lowest BCUT2D eigenvalue weighted by Gasteiger charge is -2.43. The van der Waals surface area contributed by atoms with Gasteiger partial charge in [0.25, 0.3) is 0 Å². The maximum absolute atomic E-state index is 10.1. The molecule has 3 rings (SSSR count). The zero-order valence-electron chi connectivity index (χ0n) is 15.4. The van der Waals surface area contributed by atoms with Crippen molar-refractivity contribution >= 4 is 0 Å². The van der Waals surface area contributed by atoms with Gasteiger partial charge < -0.3 is 5.73 Å². The lowest BCUT2D eigenvalue weighted by Crippen LogP contribution is -2.43. The van der Waals surface area contributed by atoms with Crippen molar-refractivity contribution in [3.63, 3.8) is 0 Å². The molecule has 1 aromatic rings. The van der Waals surface area contributed by atoms with Crippen LogP contribution in [-0.4, -0.2) is 9.78 Å². The Hall–Kier alpha value is -3.04. The number of nitrogens with two attached hydrogens (primary N) is 1. The van der Waals surface area contributed by atoms with Crippen LogP contribution in [0.15, 0.2) is 22.9 Å². The maximum Gasteiger partial charge on any atom is 0.191 e. The molecular weight excluding hydrogens is 324 g/mol. The smallest absolute Gasteiger partial charge is 0.191 e. The summed E-state index contributed by atoms with van der Waals surface area (Å²) in [6, 6.07) is 6.53. The van der Waals surface area contributed by atoms with E-state index in [1.54, 1.807) is 0 Å². The number of hydrogen-bond acceptors (Lipinski definition) is 5. The van der Waals surface area contributed by atoms with E-state index < -0.39 is 11.3 Å². The fourth-order valence-electron chi connectivity index (χ4n) is 4.65. The Labute approximate surface area is 153 Å². The van der Waals surface area contributed by atoms with Gasteiger partial charge in [-0.2, -0.15) is 20.9 Å². The van der Waals surface area contributed by atoms with Gasteiger partial charge in [0.1, 0.15) is 6.07 Å². The van der Waals surface area contributed by atoms with E-state index in [1.807, 2.05) is 25.5 Å². The van der Waals surface area contributed by atoms with E-state index >= 15 is 0 Å². The summed E-state index contributed by atoms with van der Waals surface area (Å²) in [6.07, 6.45) is 4.74. The van der Waals surface area contributed by atoms with E-state index in [9.17, 15) is 15.8 Å². The highest BCUT2D eigenvalue weighted by Crippen LogP contribution is 2.56. The number of allylic oxidation sites excluding steroid dienone is 4. The molecule has 2 unspecified atom stereocenters. The third kappa shape index (κ3) is 2.18. The second kappa shape index (κ2) is 6.36. The molecule has 0 radical (unpaired) electrons. The summed E-state index contributed by atoms with van der Waals surface area (Å²) in [4.78, 5) is 0. The molecule has 1 heterocycles. The van der Waals surface area contributed by atoms with E-state index in [0.717, 1.165) is 41.8 Å². The predicted octanol–water partition coefficient (Wildman–Crippen LogP) is 3.11. The van der Waals surface area contributed by atoms with Crippen molar-refractivity contribution in [1.29, 1.82) is 15.8 Å². The molecule has 2 atom stereocenters. The molecule has 0 aromatic carbocycles. The molecule has 0 fully saturated rings. The maximum atomic E-state index is 10.1. The number of fused-ring (bicyclic) bond motifs is 1. The van der Waals surface area contributed by atoms with Gasteiger partial charge in [-0.1, -0.05) is 6.08 Å². The normalized spacial score (nSPS) is 24.1. The van der Waals surface area contributed by atoms with E-state index in [-0.39, 0.29) is 11.6 Å². The number of nitrogens with zero attached hydrogens (tertiary/aromatic N) is 5.